The predicted molar refractivity (Wildman–Crippen MR) is 106 cm³/mol. The van der Waals surface area contributed by atoms with Crippen LogP contribution in [0.25, 0.3) is 0 Å². The highest BCUT2D eigenvalue weighted by Gasteiger charge is 2.29. The van der Waals surface area contributed by atoms with Crippen LogP contribution in [0.15, 0.2) is 58.9 Å². The van der Waals surface area contributed by atoms with E-state index in [-0.39, 0.29) is 17.0 Å². The van der Waals surface area contributed by atoms with Crippen LogP contribution in [0.2, 0.25) is 0 Å². The molecule has 1 aliphatic rings. The summed E-state index contributed by atoms with van der Waals surface area (Å²) in [5.41, 5.74) is 1.67. The minimum Gasteiger partial charge on any atom is -0.352 e. The SMILES string of the molecule is O=C(NC1CC1)C(Sc1nnc(Nc2ccc(F)cc2)s1)c1ccccc1. The van der Waals surface area contributed by atoms with E-state index in [0.717, 1.165) is 24.1 Å². The fraction of sp³-hybridized carbons (Fsp3) is 0.211. The maximum Gasteiger partial charge on any atom is 0.238 e. The van der Waals surface area contributed by atoms with Crippen molar-refractivity contribution in [3.63, 3.8) is 0 Å². The molecule has 5 nitrogen and oxygen atoms in total. The van der Waals surface area contributed by atoms with Crippen LogP contribution in [0.5, 0.6) is 0 Å². The molecule has 0 bridgehead atoms. The number of hydrogen-bond donors (Lipinski definition) is 2. The van der Waals surface area contributed by atoms with Gasteiger partial charge < -0.3 is 10.6 Å². The Hall–Kier alpha value is -2.45. The van der Waals surface area contributed by atoms with Crippen molar-refractivity contribution >= 4 is 39.8 Å². The van der Waals surface area contributed by atoms with Gasteiger partial charge in [-0.3, -0.25) is 4.79 Å². The molecule has 3 aromatic rings. The van der Waals surface area contributed by atoms with Crippen LogP contribution >= 0.6 is 23.1 Å². The first kappa shape index (κ1) is 17.9. The van der Waals surface area contributed by atoms with Crippen molar-refractivity contribution in [1.29, 1.82) is 0 Å². The molecule has 8 heteroatoms. The number of carbonyl (C=O) groups is 1. The number of thioether (sulfide) groups is 1. The Morgan fingerprint density at radius 1 is 1.11 bits per heavy atom. The van der Waals surface area contributed by atoms with Gasteiger partial charge in [0, 0.05) is 11.7 Å². The molecule has 0 spiro atoms. The summed E-state index contributed by atoms with van der Waals surface area (Å²) in [6.07, 6.45) is 2.09. The molecule has 4 rings (SSSR count). The quantitative estimate of drug-likeness (QED) is 0.570. The number of aromatic nitrogens is 2. The Morgan fingerprint density at radius 3 is 2.56 bits per heavy atom. The van der Waals surface area contributed by atoms with E-state index in [1.165, 1.54) is 35.2 Å². The number of anilines is 2. The Balaban J connectivity index is 1.48. The molecule has 1 fully saturated rings. The third-order valence-corrected chi connectivity index (χ3v) is 6.16. The van der Waals surface area contributed by atoms with Gasteiger partial charge in [0.05, 0.1) is 0 Å². The molecule has 27 heavy (non-hydrogen) atoms. The van der Waals surface area contributed by atoms with Gasteiger partial charge >= 0.3 is 0 Å². The number of benzene rings is 2. The first-order valence-corrected chi connectivity index (χ1v) is 10.2. The molecular weight excluding hydrogens is 383 g/mol. The van der Waals surface area contributed by atoms with Crippen molar-refractivity contribution < 1.29 is 9.18 Å². The Bertz CT molecular complexity index is 913. The van der Waals surface area contributed by atoms with Crippen molar-refractivity contribution in [2.75, 3.05) is 5.32 Å². The molecule has 1 atom stereocenters. The molecule has 1 saturated carbocycles. The fourth-order valence-corrected chi connectivity index (χ4v) is 4.44. The van der Waals surface area contributed by atoms with E-state index >= 15 is 0 Å². The summed E-state index contributed by atoms with van der Waals surface area (Å²) in [5, 5.41) is 14.7. The molecule has 1 amide bonds. The predicted octanol–water partition coefficient (Wildman–Crippen LogP) is 4.53. The smallest absolute Gasteiger partial charge is 0.238 e. The van der Waals surface area contributed by atoms with Gasteiger partial charge in [0.15, 0.2) is 4.34 Å². The van der Waals surface area contributed by atoms with Crippen LogP contribution in [-0.2, 0) is 4.79 Å². The first-order valence-electron chi connectivity index (χ1n) is 8.55. The summed E-state index contributed by atoms with van der Waals surface area (Å²) >= 11 is 2.75. The minimum atomic E-state index is -0.376. The summed E-state index contributed by atoms with van der Waals surface area (Å²) in [6, 6.07) is 16.0. The lowest BCUT2D eigenvalue weighted by molar-refractivity contribution is -0.120. The van der Waals surface area contributed by atoms with E-state index in [2.05, 4.69) is 20.8 Å². The summed E-state index contributed by atoms with van der Waals surface area (Å²) < 4.78 is 13.7. The number of nitrogens with one attached hydrogen (secondary N) is 2. The maximum atomic E-state index is 13.0. The maximum absolute atomic E-state index is 13.0. The highest BCUT2D eigenvalue weighted by atomic mass is 32.2. The summed E-state index contributed by atoms with van der Waals surface area (Å²) in [6.45, 7) is 0. The Morgan fingerprint density at radius 2 is 1.85 bits per heavy atom. The topological polar surface area (TPSA) is 66.9 Å². The highest BCUT2D eigenvalue weighted by molar-refractivity contribution is 8.01. The van der Waals surface area contributed by atoms with Crippen molar-refractivity contribution in [2.45, 2.75) is 28.5 Å². The number of hydrogen-bond acceptors (Lipinski definition) is 6. The zero-order chi connectivity index (χ0) is 18.6. The molecule has 138 valence electrons. The summed E-state index contributed by atoms with van der Waals surface area (Å²) in [7, 11) is 0. The third kappa shape index (κ3) is 4.84. The van der Waals surface area contributed by atoms with E-state index in [4.69, 9.17) is 0 Å². The average Bonchev–Trinajstić information content (AvgIpc) is 3.39. The van der Waals surface area contributed by atoms with Crippen molar-refractivity contribution in [2.24, 2.45) is 0 Å². The lowest BCUT2D eigenvalue weighted by Crippen LogP contribution is -2.29. The largest absolute Gasteiger partial charge is 0.352 e. The zero-order valence-electron chi connectivity index (χ0n) is 14.3. The highest BCUT2D eigenvalue weighted by Crippen LogP contribution is 2.39. The number of halogens is 1. The van der Waals surface area contributed by atoms with Gasteiger partial charge in [-0.05, 0) is 42.7 Å². The molecule has 0 aliphatic heterocycles. The van der Waals surface area contributed by atoms with Gasteiger partial charge in [-0.25, -0.2) is 4.39 Å². The third-order valence-electron chi connectivity index (χ3n) is 3.98. The van der Waals surface area contributed by atoms with Crippen LogP contribution < -0.4 is 10.6 Å². The van der Waals surface area contributed by atoms with Crippen molar-refractivity contribution in [3.05, 3.63) is 66.0 Å². The minimum absolute atomic E-state index is 0.00283. The van der Waals surface area contributed by atoms with Crippen LogP contribution in [-0.4, -0.2) is 22.1 Å². The van der Waals surface area contributed by atoms with Crippen LogP contribution in [0.1, 0.15) is 23.7 Å². The number of rotatable bonds is 7. The number of nitrogens with zero attached hydrogens (tertiary/aromatic N) is 2. The lowest BCUT2D eigenvalue weighted by Gasteiger charge is -2.15. The molecule has 1 heterocycles. The van der Waals surface area contributed by atoms with Gasteiger partial charge in [-0.1, -0.05) is 53.4 Å². The Kier molecular flexibility index (Phi) is 5.35. The van der Waals surface area contributed by atoms with Gasteiger partial charge in [-0.15, -0.1) is 10.2 Å². The molecule has 1 aliphatic carbocycles. The normalized spacial score (nSPS) is 14.6. The number of carbonyl (C=O) groups excluding carboxylic acids is 1. The zero-order valence-corrected chi connectivity index (χ0v) is 15.9. The first-order chi connectivity index (χ1) is 13.2. The van der Waals surface area contributed by atoms with Crippen LogP contribution in [0.4, 0.5) is 15.2 Å². The molecule has 1 aromatic heterocycles. The van der Waals surface area contributed by atoms with E-state index in [1.54, 1.807) is 12.1 Å². The molecule has 0 radical (unpaired) electrons. The summed E-state index contributed by atoms with van der Waals surface area (Å²) in [5.74, 6) is -0.293. The number of amides is 1. The van der Waals surface area contributed by atoms with Crippen molar-refractivity contribution in [3.8, 4) is 0 Å². The second-order valence-corrected chi connectivity index (χ2v) is 8.53. The molecule has 1 unspecified atom stereocenters. The van der Waals surface area contributed by atoms with Crippen molar-refractivity contribution in [1.82, 2.24) is 15.5 Å². The Labute approximate surface area is 164 Å². The molecular formula is C19H17FN4OS2. The second-order valence-electron chi connectivity index (χ2n) is 6.20. The van der Waals surface area contributed by atoms with E-state index in [9.17, 15) is 9.18 Å². The van der Waals surface area contributed by atoms with Gasteiger partial charge in [0.1, 0.15) is 11.1 Å². The van der Waals surface area contributed by atoms with Crippen LogP contribution in [0, 0.1) is 5.82 Å². The van der Waals surface area contributed by atoms with E-state index in [1.807, 2.05) is 30.3 Å². The van der Waals surface area contributed by atoms with Gasteiger partial charge in [0.25, 0.3) is 0 Å². The van der Waals surface area contributed by atoms with E-state index < -0.39 is 0 Å². The van der Waals surface area contributed by atoms with Gasteiger partial charge in [-0.2, -0.15) is 0 Å². The van der Waals surface area contributed by atoms with Gasteiger partial charge in [0.2, 0.25) is 11.0 Å². The average molecular weight is 401 g/mol. The summed E-state index contributed by atoms with van der Waals surface area (Å²) in [4.78, 5) is 12.7. The molecule has 0 saturated heterocycles. The monoisotopic (exact) mass is 400 g/mol. The molecule has 2 N–H and O–H groups in total. The fourth-order valence-electron chi connectivity index (χ4n) is 2.47. The lowest BCUT2D eigenvalue weighted by atomic mass is 10.1. The standard InChI is InChI=1S/C19H17FN4OS2/c20-13-6-8-15(9-7-13)22-18-23-24-19(27-18)26-16(12-4-2-1-3-5-12)17(25)21-14-10-11-14/h1-9,14,16H,10-11H2,(H,21,25)(H,22,23). The molecule has 2 aromatic carbocycles. The second kappa shape index (κ2) is 8.06. The van der Waals surface area contributed by atoms with E-state index in [0.29, 0.717) is 15.5 Å². The van der Waals surface area contributed by atoms with Crippen LogP contribution in [0.3, 0.4) is 0 Å².